The summed E-state index contributed by atoms with van der Waals surface area (Å²) in [7, 11) is -3.40. The molecule has 0 bridgehead atoms. The van der Waals surface area contributed by atoms with E-state index in [0.717, 1.165) is 4.46 Å². The van der Waals surface area contributed by atoms with E-state index >= 15 is 0 Å². The summed E-state index contributed by atoms with van der Waals surface area (Å²) in [4.78, 5) is 0.410. The van der Waals surface area contributed by atoms with Gasteiger partial charge in [-0.2, -0.15) is 0 Å². The van der Waals surface area contributed by atoms with Gasteiger partial charge in [0.05, 0.1) is 0 Å². The van der Waals surface area contributed by atoms with E-state index in [4.69, 9.17) is 0 Å². The molecule has 16 heavy (non-hydrogen) atoms. The van der Waals surface area contributed by atoms with Crippen LogP contribution >= 0.6 is 0 Å². The van der Waals surface area contributed by atoms with Crippen LogP contribution in [-0.4, -0.2) is 28.9 Å². The van der Waals surface area contributed by atoms with Gasteiger partial charge in [-0.25, -0.2) is 0 Å². The molecule has 0 aliphatic heterocycles. The number of nitrogens with one attached hydrogen (secondary N) is 1. The number of sulfonamides is 1. The van der Waals surface area contributed by atoms with Crippen molar-refractivity contribution in [2.75, 3.05) is 0 Å². The van der Waals surface area contributed by atoms with Gasteiger partial charge in [0.1, 0.15) is 0 Å². The van der Waals surface area contributed by atoms with E-state index in [1.54, 1.807) is 12.1 Å². The summed E-state index contributed by atoms with van der Waals surface area (Å²) in [6.07, 6.45) is 0. The Balaban J connectivity index is 3.17. The molecular formula is C11H17NO2SSe. The average molecular weight is 306 g/mol. The Hall–Kier alpha value is -0.351. The Labute approximate surface area is 104 Å². The van der Waals surface area contributed by atoms with Crippen molar-refractivity contribution in [1.82, 2.24) is 4.72 Å². The molecule has 1 aromatic rings. The summed E-state index contributed by atoms with van der Waals surface area (Å²) in [5.41, 5.74) is -0.452. The van der Waals surface area contributed by atoms with Crippen LogP contribution in [0.15, 0.2) is 29.2 Å². The Kier molecular flexibility index (Phi) is 4.18. The van der Waals surface area contributed by atoms with Crippen LogP contribution < -0.4 is 9.18 Å². The van der Waals surface area contributed by atoms with Crippen LogP contribution in [-0.2, 0) is 10.0 Å². The summed E-state index contributed by atoms with van der Waals surface area (Å²) in [6, 6.07) is 7.16. The fraction of sp³-hybridized carbons (Fsp3) is 0.455. The molecule has 90 valence electrons. The van der Waals surface area contributed by atoms with Crippen LogP contribution in [0.5, 0.6) is 0 Å². The molecule has 1 aromatic carbocycles. The van der Waals surface area contributed by atoms with E-state index in [2.05, 4.69) is 4.72 Å². The Morgan fingerprint density at radius 1 is 1.19 bits per heavy atom. The number of benzene rings is 1. The maximum atomic E-state index is 12.1. The minimum atomic E-state index is -3.40. The zero-order chi connectivity index (χ0) is 12.4. The van der Waals surface area contributed by atoms with E-state index in [9.17, 15) is 8.42 Å². The van der Waals surface area contributed by atoms with Crippen LogP contribution in [0.3, 0.4) is 0 Å². The first-order valence-electron chi connectivity index (χ1n) is 4.93. The van der Waals surface area contributed by atoms with Crippen LogP contribution in [0, 0.1) is 0 Å². The second-order valence-corrected chi connectivity index (χ2v) is 7.94. The van der Waals surface area contributed by atoms with Gasteiger partial charge >= 0.3 is 104 Å². The third kappa shape index (κ3) is 3.59. The summed E-state index contributed by atoms with van der Waals surface area (Å²) in [5.74, 6) is 2.01. The van der Waals surface area contributed by atoms with Crippen LogP contribution in [0.2, 0.25) is 5.82 Å². The van der Waals surface area contributed by atoms with Crippen molar-refractivity contribution in [2.24, 2.45) is 0 Å². The van der Waals surface area contributed by atoms with Crippen molar-refractivity contribution < 1.29 is 8.42 Å². The van der Waals surface area contributed by atoms with Crippen molar-refractivity contribution >= 4 is 29.4 Å². The normalized spacial score (nSPS) is 12.8. The quantitative estimate of drug-likeness (QED) is 0.851. The number of rotatable bonds is 3. The van der Waals surface area contributed by atoms with Gasteiger partial charge in [-0.1, -0.05) is 0 Å². The molecule has 0 amide bonds. The van der Waals surface area contributed by atoms with Crippen molar-refractivity contribution in [1.29, 1.82) is 0 Å². The predicted octanol–water partition coefficient (Wildman–Crippen LogP) is 1.14. The average Bonchev–Trinajstić information content (AvgIpc) is 2.14. The SMILES string of the molecule is C[Se]c1ccccc1S(=O)(=O)NC(C)(C)C. The molecule has 1 N–H and O–H groups in total. The summed E-state index contributed by atoms with van der Waals surface area (Å²) >= 11 is 0.170. The van der Waals surface area contributed by atoms with Gasteiger partial charge in [0.2, 0.25) is 0 Å². The van der Waals surface area contributed by atoms with Gasteiger partial charge in [0.15, 0.2) is 0 Å². The van der Waals surface area contributed by atoms with E-state index in [-0.39, 0.29) is 15.0 Å². The summed E-state index contributed by atoms with van der Waals surface area (Å²) in [6.45, 7) is 5.51. The molecule has 0 atom stereocenters. The zero-order valence-electron chi connectivity index (χ0n) is 9.94. The monoisotopic (exact) mass is 307 g/mol. The molecule has 5 heteroatoms. The molecular weight excluding hydrogens is 289 g/mol. The Morgan fingerprint density at radius 3 is 2.25 bits per heavy atom. The molecule has 0 fully saturated rings. The van der Waals surface area contributed by atoms with Crippen LogP contribution in [0.1, 0.15) is 20.8 Å². The van der Waals surface area contributed by atoms with Crippen LogP contribution in [0.25, 0.3) is 0 Å². The second kappa shape index (κ2) is 4.88. The van der Waals surface area contributed by atoms with Crippen LogP contribution in [0.4, 0.5) is 0 Å². The first kappa shape index (κ1) is 13.7. The summed E-state index contributed by atoms with van der Waals surface area (Å²) in [5, 5.41) is 0. The minimum absolute atomic E-state index is 0.170. The molecule has 1 rings (SSSR count). The second-order valence-electron chi connectivity index (χ2n) is 4.51. The molecule has 0 unspecified atom stereocenters. The van der Waals surface area contributed by atoms with E-state index in [1.165, 1.54) is 0 Å². The van der Waals surface area contributed by atoms with Crippen molar-refractivity contribution in [3.63, 3.8) is 0 Å². The van der Waals surface area contributed by atoms with Crippen molar-refractivity contribution in [3.8, 4) is 0 Å². The third-order valence-electron chi connectivity index (χ3n) is 1.80. The van der Waals surface area contributed by atoms with E-state index in [1.807, 2.05) is 38.7 Å². The van der Waals surface area contributed by atoms with Crippen molar-refractivity contribution in [2.45, 2.75) is 37.0 Å². The fourth-order valence-electron chi connectivity index (χ4n) is 1.30. The molecule has 0 aromatic heterocycles. The summed E-state index contributed by atoms with van der Waals surface area (Å²) < 4.78 is 27.8. The van der Waals surface area contributed by atoms with Gasteiger partial charge in [0.25, 0.3) is 0 Å². The Morgan fingerprint density at radius 2 is 1.75 bits per heavy atom. The van der Waals surface area contributed by atoms with Crippen molar-refractivity contribution in [3.05, 3.63) is 24.3 Å². The zero-order valence-corrected chi connectivity index (χ0v) is 12.5. The van der Waals surface area contributed by atoms with Gasteiger partial charge in [-0.3, -0.25) is 0 Å². The van der Waals surface area contributed by atoms with Gasteiger partial charge in [-0.05, 0) is 0 Å². The predicted molar refractivity (Wildman–Crippen MR) is 67.8 cm³/mol. The van der Waals surface area contributed by atoms with E-state index in [0.29, 0.717) is 4.90 Å². The first-order valence-corrected chi connectivity index (χ1v) is 8.98. The standard InChI is InChI=1S/C11H17NO2SSe/c1-11(2,3)12-15(13,14)9-7-5-6-8-10(9)16-4/h5-8,12H,1-4H3. The number of hydrogen-bond donors (Lipinski definition) is 1. The molecule has 0 saturated heterocycles. The Bertz CT molecular complexity index is 463. The van der Waals surface area contributed by atoms with Gasteiger partial charge in [0, 0.05) is 0 Å². The van der Waals surface area contributed by atoms with Gasteiger partial charge in [-0.15, -0.1) is 0 Å². The van der Waals surface area contributed by atoms with E-state index < -0.39 is 15.6 Å². The van der Waals surface area contributed by atoms with Gasteiger partial charge < -0.3 is 0 Å². The number of hydrogen-bond acceptors (Lipinski definition) is 2. The first-order chi connectivity index (χ1) is 7.26. The molecule has 0 aliphatic rings. The third-order valence-corrected chi connectivity index (χ3v) is 5.58. The molecule has 0 saturated carbocycles. The molecule has 3 nitrogen and oxygen atoms in total. The molecule has 0 aliphatic carbocycles. The topological polar surface area (TPSA) is 46.2 Å². The molecule has 0 heterocycles. The maximum absolute atomic E-state index is 12.1. The molecule has 0 spiro atoms. The molecule has 0 radical (unpaired) electrons. The fourth-order valence-corrected chi connectivity index (χ4v) is 4.94.